The van der Waals surface area contributed by atoms with Crippen molar-refractivity contribution in [2.75, 3.05) is 7.11 Å². The van der Waals surface area contributed by atoms with Crippen LogP contribution in [0.3, 0.4) is 0 Å². The Balaban J connectivity index is 2.42. The van der Waals surface area contributed by atoms with Crippen molar-refractivity contribution in [2.45, 2.75) is 32.7 Å². The van der Waals surface area contributed by atoms with Crippen LogP contribution < -0.4 is 4.74 Å². The number of aromatic carboxylic acids is 1. The molecule has 0 unspecified atom stereocenters. The molecule has 0 radical (unpaired) electrons. The Morgan fingerprint density at radius 1 is 1.38 bits per heavy atom. The van der Waals surface area contributed by atoms with Gasteiger partial charge in [0.25, 0.3) is 0 Å². The third-order valence-electron chi connectivity index (χ3n) is 3.25. The van der Waals surface area contributed by atoms with Gasteiger partial charge in [-0.25, -0.2) is 9.48 Å². The number of aromatic nitrogens is 3. The number of benzene rings is 1. The smallest absolute Gasteiger partial charge is 0.358 e. The molecule has 0 saturated carbocycles. The van der Waals surface area contributed by atoms with Gasteiger partial charge in [-0.1, -0.05) is 37.1 Å². The highest BCUT2D eigenvalue weighted by molar-refractivity contribution is 5.92. The number of hydrogen-bond donors (Lipinski definition) is 1. The summed E-state index contributed by atoms with van der Waals surface area (Å²) in [5.74, 6) is -0.403. The van der Waals surface area contributed by atoms with Gasteiger partial charge in [0.15, 0.2) is 5.69 Å². The molecule has 0 amide bonds. The van der Waals surface area contributed by atoms with Crippen LogP contribution in [0.2, 0.25) is 0 Å². The average Bonchev–Trinajstić information content (AvgIpc) is 2.92. The van der Waals surface area contributed by atoms with Gasteiger partial charge >= 0.3 is 5.97 Å². The first kappa shape index (κ1) is 15.0. The predicted octanol–water partition coefficient (Wildman–Crippen LogP) is 2.84. The van der Waals surface area contributed by atoms with Gasteiger partial charge in [0, 0.05) is 12.1 Å². The molecule has 112 valence electrons. The van der Waals surface area contributed by atoms with Gasteiger partial charge in [-0.3, -0.25) is 0 Å². The molecule has 6 heteroatoms. The molecular weight excluding hydrogens is 270 g/mol. The maximum atomic E-state index is 11.3. The quantitative estimate of drug-likeness (QED) is 0.793. The summed E-state index contributed by atoms with van der Waals surface area (Å²) in [6.07, 6.45) is 3.10. The molecular formula is C15H19N3O3. The van der Waals surface area contributed by atoms with Gasteiger partial charge in [-0.05, 0) is 18.6 Å². The van der Waals surface area contributed by atoms with E-state index in [1.165, 1.54) is 0 Å². The van der Waals surface area contributed by atoms with Crippen molar-refractivity contribution >= 4 is 5.97 Å². The van der Waals surface area contributed by atoms with Crippen LogP contribution >= 0.6 is 0 Å². The molecule has 1 heterocycles. The molecule has 2 rings (SSSR count). The number of nitrogens with zero attached hydrogens (tertiary/aromatic N) is 3. The van der Waals surface area contributed by atoms with Crippen LogP contribution in [0.4, 0.5) is 0 Å². The van der Waals surface area contributed by atoms with Crippen molar-refractivity contribution < 1.29 is 14.6 Å². The summed E-state index contributed by atoms with van der Waals surface area (Å²) in [5, 5.41) is 17.1. The van der Waals surface area contributed by atoms with Crippen molar-refractivity contribution in [3.63, 3.8) is 0 Å². The molecule has 1 aromatic carbocycles. The van der Waals surface area contributed by atoms with E-state index in [9.17, 15) is 9.90 Å². The van der Waals surface area contributed by atoms with E-state index in [1.807, 2.05) is 18.2 Å². The first-order valence-corrected chi connectivity index (χ1v) is 6.98. The highest BCUT2D eigenvalue weighted by Gasteiger charge is 2.20. The molecule has 0 aliphatic heterocycles. The molecule has 0 saturated heterocycles. The van der Waals surface area contributed by atoms with Crippen LogP contribution in [0.5, 0.6) is 5.75 Å². The first-order valence-electron chi connectivity index (χ1n) is 6.98. The van der Waals surface area contributed by atoms with Crippen LogP contribution in [-0.4, -0.2) is 33.2 Å². The number of carboxylic acids is 1. The molecule has 0 bridgehead atoms. The molecule has 2 aromatic rings. The summed E-state index contributed by atoms with van der Waals surface area (Å²) in [6.45, 7) is 2.77. The predicted molar refractivity (Wildman–Crippen MR) is 78.5 cm³/mol. The maximum absolute atomic E-state index is 11.3. The second-order valence-electron chi connectivity index (χ2n) is 4.75. The Morgan fingerprint density at radius 3 is 2.86 bits per heavy atom. The summed E-state index contributed by atoms with van der Waals surface area (Å²) >= 11 is 0. The Morgan fingerprint density at radius 2 is 2.19 bits per heavy atom. The minimum atomic E-state index is -1.07. The number of methoxy groups -OCH3 is 1. The van der Waals surface area contributed by atoms with Gasteiger partial charge in [0.05, 0.1) is 7.11 Å². The Hall–Kier alpha value is -2.37. The SMILES string of the molecule is CCCCCn1nnc(C(=O)O)c1-c1cccc(OC)c1. The van der Waals surface area contributed by atoms with E-state index in [4.69, 9.17) is 4.74 Å². The fourth-order valence-corrected chi connectivity index (χ4v) is 2.18. The summed E-state index contributed by atoms with van der Waals surface area (Å²) in [7, 11) is 1.58. The van der Waals surface area contributed by atoms with Crippen LogP contribution in [0.15, 0.2) is 24.3 Å². The van der Waals surface area contributed by atoms with Gasteiger partial charge in [-0.15, -0.1) is 5.10 Å². The standard InChI is InChI=1S/C15H19N3O3/c1-3-4-5-9-18-14(13(15(19)20)16-17-18)11-7-6-8-12(10-11)21-2/h6-8,10H,3-5,9H2,1-2H3,(H,19,20). The fourth-order valence-electron chi connectivity index (χ4n) is 2.18. The molecule has 1 aromatic heterocycles. The lowest BCUT2D eigenvalue weighted by Crippen LogP contribution is -2.05. The molecule has 6 nitrogen and oxygen atoms in total. The van der Waals surface area contributed by atoms with Crippen molar-refractivity contribution in [3.05, 3.63) is 30.0 Å². The highest BCUT2D eigenvalue weighted by Crippen LogP contribution is 2.26. The van der Waals surface area contributed by atoms with E-state index in [0.717, 1.165) is 24.8 Å². The molecule has 0 spiro atoms. The molecule has 0 aliphatic rings. The van der Waals surface area contributed by atoms with Crippen LogP contribution in [-0.2, 0) is 6.54 Å². The van der Waals surface area contributed by atoms with E-state index >= 15 is 0 Å². The van der Waals surface area contributed by atoms with Crippen LogP contribution in [0, 0.1) is 0 Å². The lowest BCUT2D eigenvalue weighted by molar-refractivity contribution is 0.0691. The van der Waals surface area contributed by atoms with Crippen LogP contribution in [0.1, 0.15) is 36.7 Å². The number of hydrogen-bond acceptors (Lipinski definition) is 4. The summed E-state index contributed by atoms with van der Waals surface area (Å²) in [6, 6.07) is 7.27. The van der Waals surface area contributed by atoms with Crippen molar-refractivity contribution in [3.8, 4) is 17.0 Å². The Kier molecular flexibility index (Phi) is 4.92. The Bertz CT molecular complexity index is 622. The summed E-state index contributed by atoms with van der Waals surface area (Å²) in [5.41, 5.74) is 1.24. The van der Waals surface area contributed by atoms with Gasteiger partial charge in [0.2, 0.25) is 0 Å². The third-order valence-corrected chi connectivity index (χ3v) is 3.25. The zero-order chi connectivity index (χ0) is 15.2. The second kappa shape index (κ2) is 6.88. The number of carboxylic acid groups (broad SMARTS) is 1. The maximum Gasteiger partial charge on any atom is 0.358 e. The largest absolute Gasteiger partial charge is 0.497 e. The first-order chi connectivity index (χ1) is 10.2. The number of ether oxygens (including phenoxy) is 1. The minimum absolute atomic E-state index is 0.0280. The van der Waals surface area contributed by atoms with E-state index in [-0.39, 0.29) is 5.69 Å². The number of carbonyl (C=O) groups is 1. The van der Waals surface area contributed by atoms with E-state index < -0.39 is 5.97 Å². The van der Waals surface area contributed by atoms with E-state index in [2.05, 4.69) is 17.2 Å². The number of unbranched alkanes of at least 4 members (excludes halogenated alkanes) is 2. The molecule has 0 aliphatic carbocycles. The zero-order valence-electron chi connectivity index (χ0n) is 12.2. The van der Waals surface area contributed by atoms with Crippen molar-refractivity contribution in [1.29, 1.82) is 0 Å². The normalized spacial score (nSPS) is 10.6. The van der Waals surface area contributed by atoms with Gasteiger partial charge in [0.1, 0.15) is 11.4 Å². The number of rotatable bonds is 7. The highest BCUT2D eigenvalue weighted by atomic mass is 16.5. The van der Waals surface area contributed by atoms with E-state index in [0.29, 0.717) is 18.0 Å². The minimum Gasteiger partial charge on any atom is -0.497 e. The van der Waals surface area contributed by atoms with Gasteiger partial charge < -0.3 is 9.84 Å². The number of aryl methyl sites for hydroxylation is 1. The summed E-state index contributed by atoms with van der Waals surface area (Å²) in [4.78, 5) is 11.3. The molecule has 1 N–H and O–H groups in total. The second-order valence-corrected chi connectivity index (χ2v) is 4.75. The topological polar surface area (TPSA) is 77.2 Å². The average molecular weight is 289 g/mol. The lowest BCUT2D eigenvalue weighted by atomic mass is 10.1. The third kappa shape index (κ3) is 3.39. The molecule has 21 heavy (non-hydrogen) atoms. The fraction of sp³-hybridized carbons (Fsp3) is 0.400. The lowest BCUT2D eigenvalue weighted by Gasteiger charge is -2.08. The van der Waals surface area contributed by atoms with Gasteiger partial charge in [-0.2, -0.15) is 0 Å². The monoisotopic (exact) mass is 289 g/mol. The van der Waals surface area contributed by atoms with E-state index in [1.54, 1.807) is 17.9 Å². The Labute approximate surface area is 123 Å². The molecule has 0 fully saturated rings. The van der Waals surface area contributed by atoms with Crippen LogP contribution in [0.25, 0.3) is 11.3 Å². The van der Waals surface area contributed by atoms with Crippen molar-refractivity contribution in [2.24, 2.45) is 0 Å². The van der Waals surface area contributed by atoms with Crippen molar-refractivity contribution in [1.82, 2.24) is 15.0 Å². The zero-order valence-corrected chi connectivity index (χ0v) is 12.2. The molecule has 0 atom stereocenters. The summed E-state index contributed by atoms with van der Waals surface area (Å²) < 4.78 is 6.85.